The molecule has 1 fully saturated rings. The molecule has 0 atom stereocenters. The van der Waals surface area contributed by atoms with E-state index in [1.165, 1.54) is 18.9 Å². The van der Waals surface area contributed by atoms with Crippen molar-refractivity contribution in [3.05, 3.63) is 35.4 Å². The highest BCUT2D eigenvalue weighted by Gasteiger charge is 2.15. The zero-order valence-electron chi connectivity index (χ0n) is 13.9. The zero-order chi connectivity index (χ0) is 16.7. The molecule has 128 valence electrons. The van der Waals surface area contributed by atoms with Crippen LogP contribution in [0.3, 0.4) is 0 Å². The van der Waals surface area contributed by atoms with E-state index in [1.807, 2.05) is 0 Å². The van der Waals surface area contributed by atoms with E-state index in [2.05, 4.69) is 27.4 Å². The van der Waals surface area contributed by atoms with Crippen LogP contribution in [0, 0.1) is 17.6 Å². The molecule has 1 aromatic rings. The van der Waals surface area contributed by atoms with Crippen molar-refractivity contribution in [2.75, 3.05) is 33.2 Å². The monoisotopic (exact) mass is 324 g/mol. The smallest absolute Gasteiger partial charge is 0.191 e. The largest absolute Gasteiger partial charge is 0.355 e. The molecule has 1 heterocycles. The first-order chi connectivity index (χ1) is 11.1. The Morgan fingerprint density at radius 3 is 2.70 bits per heavy atom. The third-order valence-corrected chi connectivity index (χ3v) is 4.27. The summed E-state index contributed by atoms with van der Waals surface area (Å²) < 4.78 is 26.7. The second kappa shape index (κ2) is 8.82. The molecule has 0 spiro atoms. The summed E-state index contributed by atoms with van der Waals surface area (Å²) in [7, 11) is 1.67. The van der Waals surface area contributed by atoms with Crippen LogP contribution in [-0.2, 0) is 6.54 Å². The maximum Gasteiger partial charge on any atom is 0.191 e. The third-order valence-electron chi connectivity index (χ3n) is 4.27. The fourth-order valence-electron chi connectivity index (χ4n) is 2.70. The molecule has 4 nitrogen and oxygen atoms in total. The molecular formula is C17H26F2N4. The Bertz CT molecular complexity index is 525. The van der Waals surface area contributed by atoms with E-state index in [1.54, 1.807) is 7.05 Å². The van der Waals surface area contributed by atoms with E-state index < -0.39 is 11.6 Å². The summed E-state index contributed by atoms with van der Waals surface area (Å²) in [4.78, 5) is 6.55. The molecule has 1 saturated heterocycles. The van der Waals surface area contributed by atoms with E-state index in [0.29, 0.717) is 5.96 Å². The van der Waals surface area contributed by atoms with Crippen LogP contribution in [0.15, 0.2) is 23.2 Å². The van der Waals surface area contributed by atoms with Crippen molar-refractivity contribution in [1.82, 2.24) is 15.5 Å². The Labute approximate surface area is 137 Å². The Kier molecular flexibility index (Phi) is 6.77. The first-order valence-electron chi connectivity index (χ1n) is 8.19. The first-order valence-corrected chi connectivity index (χ1v) is 8.19. The maximum atomic E-state index is 13.6. The van der Waals surface area contributed by atoms with E-state index in [9.17, 15) is 8.78 Å². The van der Waals surface area contributed by atoms with Gasteiger partial charge in [0.2, 0.25) is 0 Å². The summed E-state index contributed by atoms with van der Waals surface area (Å²) in [5.41, 5.74) is 0.290. The third kappa shape index (κ3) is 5.78. The molecule has 2 rings (SSSR count). The quantitative estimate of drug-likeness (QED) is 0.645. The van der Waals surface area contributed by atoms with E-state index in [4.69, 9.17) is 0 Å². The van der Waals surface area contributed by atoms with E-state index in [-0.39, 0.29) is 12.1 Å². The van der Waals surface area contributed by atoms with Gasteiger partial charge in [-0.15, -0.1) is 0 Å². The summed E-state index contributed by atoms with van der Waals surface area (Å²) in [6, 6.07) is 3.45. The number of hydrogen-bond donors (Lipinski definition) is 2. The lowest BCUT2D eigenvalue weighted by atomic mass is 9.99. The molecule has 2 N–H and O–H groups in total. The number of halogens is 2. The predicted molar refractivity (Wildman–Crippen MR) is 89.4 cm³/mol. The standard InChI is InChI=1S/C17H26F2N4/c1-13-5-8-23(9-6-13)10-7-21-17(20-2)22-12-14-11-15(18)3-4-16(14)19/h3-4,11,13H,5-10,12H2,1-2H3,(H2,20,21,22). The Morgan fingerprint density at radius 2 is 2.00 bits per heavy atom. The highest BCUT2D eigenvalue weighted by molar-refractivity contribution is 5.79. The number of guanidine groups is 1. The minimum atomic E-state index is -0.439. The highest BCUT2D eigenvalue weighted by atomic mass is 19.1. The maximum absolute atomic E-state index is 13.6. The van der Waals surface area contributed by atoms with Crippen LogP contribution in [0.4, 0.5) is 8.78 Å². The number of hydrogen-bond acceptors (Lipinski definition) is 2. The van der Waals surface area contributed by atoms with Gasteiger partial charge in [0.15, 0.2) is 5.96 Å². The van der Waals surface area contributed by atoms with Crippen LogP contribution in [0.1, 0.15) is 25.3 Å². The Hall–Kier alpha value is -1.69. The van der Waals surface area contributed by atoms with Crippen molar-refractivity contribution < 1.29 is 8.78 Å². The zero-order valence-corrected chi connectivity index (χ0v) is 13.9. The van der Waals surface area contributed by atoms with Gasteiger partial charge >= 0.3 is 0 Å². The molecule has 0 bridgehead atoms. The van der Waals surface area contributed by atoms with Crippen molar-refractivity contribution in [3.8, 4) is 0 Å². The van der Waals surface area contributed by atoms with Crippen LogP contribution in [0.5, 0.6) is 0 Å². The lowest BCUT2D eigenvalue weighted by molar-refractivity contribution is 0.195. The van der Waals surface area contributed by atoms with Crippen molar-refractivity contribution in [3.63, 3.8) is 0 Å². The van der Waals surface area contributed by atoms with Crippen LogP contribution in [0.2, 0.25) is 0 Å². The summed E-state index contributed by atoms with van der Waals surface area (Å²) in [6.07, 6.45) is 2.51. The molecular weight excluding hydrogens is 298 g/mol. The second-order valence-electron chi connectivity index (χ2n) is 6.11. The minimum absolute atomic E-state index is 0.199. The molecule has 0 aromatic heterocycles. The summed E-state index contributed by atoms with van der Waals surface area (Å²) in [6.45, 7) is 6.52. The van der Waals surface area contributed by atoms with Gasteiger partial charge in [0, 0.05) is 32.2 Å². The average molecular weight is 324 g/mol. The molecule has 0 saturated carbocycles. The molecule has 23 heavy (non-hydrogen) atoms. The lowest BCUT2D eigenvalue weighted by Crippen LogP contribution is -2.43. The number of rotatable bonds is 5. The molecule has 6 heteroatoms. The lowest BCUT2D eigenvalue weighted by Gasteiger charge is -2.30. The van der Waals surface area contributed by atoms with Crippen molar-refractivity contribution >= 4 is 5.96 Å². The van der Waals surface area contributed by atoms with Gasteiger partial charge < -0.3 is 15.5 Å². The number of piperidine rings is 1. The molecule has 0 radical (unpaired) electrons. The van der Waals surface area contributed by atoms with Gasteiger partial charge in [0.05, 0.1) is 0 Å². The summed E-state index contributed by atoms with van der Waals surface area (Å²) >= 11 is 0. The molecule has 0 unspecified atom stereocenters. The number of benzene rings is 1. The first kappa shape index (κ1) is 17.7. The molecule has 1 aliphatic heterocycles. The van der Waals surface area contributed by atoms with Gasteiger partial charge in [0.25, 0.3) is 0 Å². The molecule has 0 aliphatic carbocycles. The van der Waals surface area contributed by atoms with Gasteiger partial charge in [-0.05, 0) is 50.0 Å². The number of aliphatic imine (C=N–C) groups is 1. The van der Waals surface area contributed by atoms with Crippen molar-refractivity contribution in [2.45, 2.75) is 26.3 Å². The number of likely N-dealkylation sites (tertiary alicyclic amines) is 1. The number of nitrogens with zero attached hydrogens (tertiary/aromatic N) is 2. The van der Waals surface area contributed by atoms with Gasteiger partial charge in [-0.25, -0.2) is 8.78 Å². The van der Waals surface area contributed by atoms with Gasteiger partial charge in [-0.1, -0.05) is 6.92 Å². The Morgan fingerprint density at radius 1 is 1.26 bits per heavy atom. The molecule has 0 amide bonds. The van der Waals surface area contributed by atoms with Crippen molar-refractivity contribution in [2.24, 2.45) is 10.9 Å². The number of nitrogens with one attached hydrogen (secondary N) is 2. The second-order valence-corrected chi connectivity index (χ2v) is 6.11. The highest BCUT2D eigenvalue weighted by Crippen LogP contribution is 2.15. The fourth-order valence-corrected chi connectivity index (χ4v) is 2.70. The minimum Gasteiger partial charge on any atom is -0.355 e. The summed E-state index contributed by atoms with van der Waals surface area (Å²) in [5.74, 6) is 0.566. The fraction of sp³-hybridized carbons (Fsp3) is 0.588. The molecule has 1 aliphatic rings. The van der Waals surface area contributed by atoms with Crippen molar-refractivity contribution in [1.29, 1.82) is 0 Å². The van der Waals surface area contributed by atoms with Crippen LogP contribution in [-0.4, -0.2) is 44.1 Å². The predicted octanol–water partition coefficient (Wildman–Crippen LogP) is 2.36. The normalized spacial score (nSPS) is 17.3. The van der Waals surface area contributed by atoms with Crippen LogP contribution in [0.25, 0.3) is 0 Å². The molecule has 1 aromatic carbocycles. The topological polar surface area (TPSA) is 39.7 Å². The van der Waals surface area contributed by atoms with Crippen LogP contribution < -0.4 is 10.6 Å². The van der Waals surface area contributed by atoms with Gasteiger partial charge in [-0.3, -0.25) is 4.99 Å². The Balaban J connectivity index is 1.72. The van der Waals surface area contributed by atoms with Gasteiger partial charge in [-0.2, -0.15) is 0 Å². The van der Waals surface area contributed by atoms with E-state index in [0.717, 1.165) is 44.2 Å². The summed E-state index contributed by atoms with van der Waals surface area (Å²) in [5, 5.41) is 6.23. The van der Waals surface area contributed by atoms with E-state index >= 15 is 0 Å². The van der Waals surface area contributed by atoms with Gasteiger partial charge in [0.1, 0.15) is 11.6 Å². The van der Waals surface area contributed by atoms with Crippen LogP contribution >= 0.6 is 0 Å². The average Bonchev–Trinajstić information content (AvgIpc) is 2.55. The SMILES string of the molecule is CN=C(NCCN1CCC(C)CC1)NCc1cc(F)ccc1F.